The zero-order valence-corrected chi connectivity index (χ0v) is 9.64. The Bertz CT molecular complexity index is 516. The van der Waals surface area contributed by atoms with Crippen molar-refractivity contribution in [3.05, 3.63) is 30.0 Å². The molecule has 90 valence electrons. The number of likely N-dealkylation sites (tertiary alicyclic amines) is 1. The topological polar surface area (TPSA) is 33.4 Å². The molecule has 5 heteroatoms. The van der Waals surface area contributed by atoms with Crippen LogP contribution in [0.3, 0.4) is 0 Å². The van der Waals surface area contributed by atoms with Gasteiger partial charge in [0.1, 0.15) is 11.6 Å². The zero-order chi connectivity index (χ0) is 11.7. The maximum absolute atomic E-state index is 13.1. The predicted molar refractivity (Wildman–Crippen MR) is 62.3 cm³/mol. The van der Waals surface area contributed by atoms with Gasteiger partial charge in [-0.15, -0.1) is 10.2 Å². The third kappa shape index (κ3) is 2.15. The minimum atomic E-state index is -0.250. The first-order valence-corrected chi connectivity index (χ1v) is 6.04. The van der Waals surface area contributed by atoms with Gasteiger partial charge in [-0.3, -0.25) is 4.40 Å². The van der Waals surface area contributed by atoms with Crippen molar-refractivity contribution in [3.63, 3.8) is 0 Å². The van der Waals surface area contributed by atoms with Crippen LogP contribution in [0.5, 0.6) is 0 Å². The Labute approximate surface area is 99.1 Å². The standard InChI is InChI=1S/C12H15FN4/c13-10-3-4-11-14-15-12(17(11)9-10)5-8-16-6-1-2-7-16/h3-4,9H,1-2,5-8H2. The van der Waals surface area contributed by atoms with E-state index in [1.807, 2.05) is 0 Å². The summed E-state index contributed by atoms with van der Waals surface area (Å²) in [5.41, 5.74) is 0.711. The smallest absolute Gasteiger partial charge is 0.160 e. The summed E-state index contributed by atoms with van der Waals surface area (Å²) in [5, 5.41) is 8.15. The van der Waals surface area contributed by atoms with Gasteiger partial charge < -0.3 is 4.90 Å². The van der Waals surface area contributed by atoms with Crippen LogP contribution in [0.4, 0.5) is 4.39 Å². The molecule has 0 aliphatic carbocycles. The van der Waals surface area contributed by atoms with Crippen LogP contribution in [0.2, 0.25) is 0 Å². The van der Waals surface area contributed by atoms with Gasteiger partial charge in [0, 0.05) is 19.2 Å². The molecule has 0 radical (unpaired) electrons. The molecule has 4 nitrogen and oxygen atoms in total. The lowest BCUT2D eigenvalue weighted by Crippen LogP contribution is -2.22. The van der Waals surface area contributed by atoms with E-state index in [2.05, 4.69) is 15.1 Å². The van der Waals surface area contributed by atoms with E-state index in [1.54, 1.807) is 10.5 Å². The van der Waals surface area contributed by atoms with Gasteiger partial charge in [-0.05, 0) is 38.1 Å². The predicted octanol–water partition coefficient (Wildman–Crippen LogP) is 1.51. The number of rotatable bonds is 3. The fraction of sp³-hybridized carbons (Fsp3) is 0.500. The SMILES string of the molecule is Fc1ccc2nnc(CCN3CCCC3)n2c1. The maximum Gasteiger partial charge on any atom is 0.160 e. The minimum Gasteiger partial charge on any atom is -0.303 e. The van der Waals surface area contributed by atoms with Gasteiger partial charge in [-0.2, -0.15) is 0 Å². The molecule has 1 aliphatic rings. The lowest BCUT2D eigenvalue weighted by Gasteiger charge is -2.12. The highest BCUT2D eigenvalue weighted by Gasteiger charge is 2.13. The number of fused-ring (bicyclic) bond motifs is 1. The maximum atomic E-state index is 13.1. The molecule has 0 bridgehead atoms. The lowest BCUT2D eigenvalue weighted by atomic mass is 10.3. The molecule has 0 N–H and O–H groups in total. The first kappa shape index (κ1) is 10.7. The molecule has 0 spiro atoms. The third-order valence-corrected chi connectivity index (χ3v) is 3.29. The fourth-order valence-electron chi connectivity index (χ4n) is 2.35. The summed E-state index contributed by atoms with van der Waals surface area (Å²) < 4.78 is 14.9. The largest absolute Gasteiger partial charge is 0.303 e. The van der Waals surface area contributed by atoms with E-state index in [4.69, 9.17) is 0 Å². The summed E-state index contributed by atoms with van der Waals surface area (Å²) in [7, 11) is 0. The molecule has 0 amide bonds. The Morgan fingerprint density at radius 1 is 1.18 bits per heavy atom. The molecular formula is C12H15FN4. The van der Waals surface area contributed by atoms with Crippen LogP contribution in [0.1, 0.15) is 18.7 Å². The molecular weight excluding hydrogens is 219 g/mol. The molecule has 1 aliphatic heterocycles. The van der Waals surface area contributed by atoms with Crippen LogP contribution in [-0.2, 0) is 6.42 Å². The summed E-state index contributed by atoms with van der Waals surface area (Å²) in [6.07, 6.45) is 4.85. The summed E-state index contributed by atoms with van der Waals surface area (Å²) in [6.45, 7) is 3.33. The van der Waals surface area contributed by atoms with Crippen LogP contribution in [0.15, 0.2) is 18.3 Å². The molecule has 3 heterocycles. The van der Waals surface area contributed by atoms with E-state index in [-0.39, 0.29) is 5.82 Å². The Morgan fingerprint density at radius 3 is 2.82 bits per heavy atom. The first-order valence-electron chi connectivity index (χ1n) is 6.04. The monoisotopic (exact) mass is 234 g/mol. The van der Waals surface area contributed by atoms with Crippen LogP contribution >= 0.6 is 0 Å². The Hall–Kier alpha value is -1.49. The van der Waals surface area contributed by atoms with Crippen molar-refractivity contribution in [2.24, 2.45) is 0 Å². The average molecular weight is 234 g/mol. The normalized spacial score (nSPS) is 17.0. The van der Waals surface area contributed by atoms with Crippen molar-refractivity contribution in [1.29, 1.82) is 0 Å². The highest BCUT2D eigenvalue weighted by Crippen LogP contribution is 2.10. The highest BCUT2D eigenvalue weighted by atomic mass is 19.1. The van der Waals surface area contributed by atoms with Crippen LogP contribution in [-0.4, -0.2) is 39.1 Å². The third-order valence-electron chi connectivity index (χ3n) is 3.29. The van der Waals surface area contributed by atoms with Crippen LogP contribution < -0.4 is 0 Å². The van der Waals surface area contributed by atoms with Crippen molar-refractivity contribution in [3.8, 4) is 0 Å². The molecule has 1 saturated heterocycles. The average Bonchev–Trinajstić information content (AvgIpc) is 2.94. The van der Waals surface area contributed by atoms with E-state index in [1.165, 1.54) is 38.2 Å². The second-order valence-electron chi connectivity index (χ2n) is 4.49. The van der Waals surface area contributed by atoms with Gasteiger partial charge in [0.15, 0.2) is 5.65 Å². The van der Waals surface area contributed by atoms with Gasteiger partial charge >= 0.3 is 0 Å². The van der Waals surface area contributed by atoms with Crippen LogP contribution in [0, 0.1) is 5.82 Å². The number of hydrogen-bond donors (Lipinski definition) is 0. The van der Waals surface area contributed by atoms with E-state index < -0.39 is 0 Å². The summed E-state index contributed by atoms with van der Waals surface area (Å²) >= 11 is 0. The molecule has 2 aromatic heterocycles. The van der Waals surface area contributed by atoms with Gasteiger partial charge in [-0.1, -0.05) is 0 Å². The molecule has 0 saturated carbocycles. The lowest BCUT2D eigenvalue weighted by molar-refractivity contribution is 0.340. The van der Waals surface area contributed by atoms with Gasteiger partial charge in [0.25, 0.3) is 0 Å². The second kappa shape index (κ2) is 4.41. The van der Waals surface area contributed by atoms with Crippen molar-refractivity contribution < 1.29 is 4.39 Å². The molecule has 0 unspecified atom stereocenters. The molecule has 3 rings (SSSR count). The minimum absolute atomic E-state index is 0.250. The Kier molecular flexibility index (Phi) is 2.76. The molecule has 17 heavy (non-hydrogen) atoms. The molecule has 2 aromatic rings. The number of aromatic nitrogens is 3. The van der Waals surface area contributed by atoms with Gasteiger partial charge in [0.2, 0.25) is 0 Å². The fourth-order valence-corrected chi connectivity index (χ4v) is 2.35. The quantitative estimate of drug-likeness (QED) is 0.807. The van der Waals surface area contributed by atoms with Crippen molar-refractivity contribution in [2.75, 3.05) is 19.6 Å². The summed E-state index contributed by atoms with van der Waals surface area (Å²) in [4.78, 5) is 2.42. The molecule has 0 aromatic carbocycles. The summed E-state index contributed by atoms with van der Waals surface area (Å²) in [5.74, 6) is 0.589. The van der Waals surface area contributed by atoms with Crippen molar-refractivity contribution in [1.82, 2.24) is 19.5 Å². The number of halogens is 1. The van der Waals surface area contributed by atoms with E-state index >= 15 is 0 Å². The molecule has 0 atom stereocenters. The van der Waals surface area contributed by atoms with Crippen molar-refractivity contribution >= 4 is 5.65 Å². The highest BCUT2D eigenvalue weighted by molar-refractivity contribution is 5.37. The Morgan fingerprint density at radius 2 is 2.00 bits per heavy atom. The van der Waals surface area contributed by atoms with Gasteiger partial charge in [0.05, 0.1) is 0 Å². The second-order valence-corrected chi connectivity index (χ2v) is 4.49. The Balaban J connectivity index is 1.77. The van der Waals surface area contributed by atoms with Crippen LogP contribution in [0.25, 0.3) is 5.65 Å². The van der Waals surface area contributed by atoms with Crippen molar-refractivity contribution in [2.45, 2.75) is 19.3 Å². The number of nitrogens with zero attached hydrogens (tertiary/aromatic N) is 4. The van der Waals surface area contributed by atoms with E-state index in [9.17, 15) is 4.39 Å². The summed E-state index contributed by atoms with van der Waals surface area (Å²) in [6, 6.07) is 3.07. The number of pyridine rings is 1. The van der Waals surface area contributed by atoms with E-state index in [0.717, 1.165) is 18.8 Å². The van der Waals surface area contributed by atoms with Gasteiger partial charge in [-0.25, -0.2) is 4.39 Å². The van der Waals surface area contributed by atoms with E-state index in [0.29, 0.717) is 5.65 Å². The first-order chi connectivity index (χ1) is 8.33. The number of hydrogen-bond acceptors (Lipinski definition) is 3. The molecule has 1 fully saturated rings. The zero-order valence-electron chi connectivity index (χ0n) is 9.64.